The van der Waals surface area contributed by atoms with E-state index in [0.29, 0.717) is 31.2 Å². The molecule has 3 heterocycles. The van der Waals surface area contributed by atoms with Crippen molar-refractivity contribution in [2.24, 2.45) is 5.92 Å². The molecule has 2 fully saturated rings. The molecular formula is C25H24F3N3O4. The molecule has 10 heteroatoms. The van der Waals surface area contributed by atoms with Gasteiger partial charge in [-0.15, -0.1) is 13.2 Å². The summed E-state index contributed by atoms with van der Waals surface area (Å²) in [7, 11) is 0. The Bertz CT molecular complexity index is 1190. The third-order valence-corrected chi connectivity index (χ3v) is 6.34. The van der Waals surface area contributed by atoms with Gasteiger partial charge in [0, 0.05) is 41.9 Å². The Morgan fingerprint density at radius 1 is 1.03 bits per heavy atom. The van der Waals surface area contributed by atoms with Crippen LogP contribution < -0.4 is 9.47 Å². The van der Waals surface area contributed by atoms with Gasteiger partial charge in [-0.25, -0.2) is 9.97 Å². The summed E-state index contributed by atoms with van der Waals surface area (Å²) in [5.74, 6) is 0.806. The molecule has 2 aliphatic rings. The first-order valence-corrected chi connectivity index (χ1v) is 11.5. The number of halogens is 3. The minimum atomic E-state index is -4.77. The lowest BCUT2D eigenvalue weighted by molar-refractivity contribution is -0.274. The second kappa shape index (κ2) is 9.69. The van der Waals surface area contributed by atoms with Crippen LogP contribution >= 0.6 is 0 Å². The third kappa shape index (κ3) is 5.48. The standard InChI is InChI=1S/C25H24F3N3O4/c26-25(27,28)35-19-3-1-18(2-4-19)24(32)31-9-7-17(8-10-31)23-21-6-5-20(11-22(21)29-15-30-23)34-14-16-12-33-13-16/h1-6,11,15-17H,7-10,12-14H2. The van der Waals surface area contributed by atoms with Crippen molar-refractivity contribution < 1.29 is 32.2 Å². The van der Waals surface area contributed by atoms with Gasteiger partial charge < -0.3 is 19.1 Å². The molecule has 5 rings (SSSR count). The van der Waals surface area contributed by atoms with Crippen molar-refractivity contribution >= 4 is 16.8 Å². The predicted molar refractivity (Wildman–Crippen MR) is 120 cm³/mol. The third-order valence-electron chi connectivity index (χ3n) is 6.34. The maximum Gasteiger partial charge on any atom is 0.573 e. The molecule has 2 aliphatic heterocycles. The molecule has 0 spiro atoms. The van der Waals surface area contributed by atoms with Gasteiger partial charge in [-0.05, 0) is 49.2 Å². The highest BCUT2D eigenvalue weighted by atomic mass is 19.4. The average Bonchev–Trinajstić information content (AvgIpc) is 2.82. The second-order valence-corrected chi connectivity index (χ2v) is 8.79. The largest absolute Gasteiger partial charge is 0.573 e. The Balaban J connectivity index is 1.21. The highest BCUT2D eigenvalue weighted by molar-refractivity contribution is 5.94. The first-order valence-electron chi connectivity index (χ1n) is 11.5. The number of amides is 1. The van der Waals surface area contributed by atoms with E-state index < -0.39 is 6.36 Å². The van der Waals surface area contributed by atoms with Gasteiger partial charge in [-0.3, -0.25) is 4.79 Å². The number of carbonyl (C=O) groups excluding carboxylic acids is 1. The van der Waals surface area contributed by atoms with Crippen molar-refractivity contribution in [2.45, 2.75) is 25.1 Å². The summed E-state index contributed by atoms with van der Waals surface area (Å²) >= 11 is 0. The highest BCUT2D eigenvalue weighted by Crippen LogP contribution is 2.33. The first-order chi connectivity index (χ1) is 16.9. The molecule has 2 aromatic carbocycles. The van der Waals surface area contributed by atoms with Gasteiger partial charge in [0.05, 0.1) is 31.0 Å². The Kier molecular flexibility index (Phi) is 6.46. The van der Waals surface area contributed by atoms with E-state index in [0.717, 1.165) is 60.5 Å². The van der Waals surface area contributed by atoms with E-state index in [1.807, 2.05) is 18.2 Å². The van der Waals surface area contributed by atoms with E-state index in [9.17, 15) is 18.0 Å². The summed E-state index contributed by atoms with van der Waals surface area (Å²) in [6, 6.07) is 10.8. The summed E-state index contributed by atoms with van der Waals surface area (Å²) in [5.41, 5.74) is 2.10. The maximum atomic E-state index is 12.8. The second-order valence-electron chi connectivity index (χ2n) is 8.79. The van der Waals surface area contributed by atoms with Gasteiger partial charge in [0.15, 0.2) is 0 Å². The number of fused-ring (bicyclic) bond motifs is 1. The Morgan fingerprint density at radius 2 is 1.74 bits per heavy atom. The molecular weight excluding hydrogens is 463 g/mol. The molecule has 1 aromatic heterocycles. The summed E-state index contributed by atoms with van der Waals surface area (Å²) in [4.78, 5) is 23.5. The molecule has 0 atom stereocenters. The van der Waals surface area contributed by atoms with E-state index in [4.69, 9.17) is 9.47 Å². The number of alkyl halides is 3. The van der Waals surface area contributed by atoms with E-state index in [-0.39, 0.29) is 17.6 Å². The fraction of sp³-hybridized carbons (Fsp3) is 0.400. The van der Waals surface area contributed by atoms with Crippen molar-refractivity contribution in [1.82, 2.24) is 14.9 Å². The van der Waals surface area contributed by atoms with Crippen molar-refractivity contribution in [3.8, 4) is 11.5 Å². The zero-order valence-electron chi connectivity index (χ0n) is 18.8. The van der Waals surface area contributed by atoms with Crippen molar-refractivity contribution in [1.29, 1.82) is 0 Å². The van der Waals surface area contributed by atoms with Crippen LogP contribution in [0.3, 0.4) is 0 Å². The Hall–Kier alpha value is -3.40. The number of nitrogens with zero attached hydrogens (tertiary/aromatic N) is 3. The number of aromatic nitrogens is 2. The minimum absolute atomic E-state index is 0.172. The van der Waals surface area contributed by atoms with Gasteiger partial charge in [-0.2, -0.15) is 0 Å². The number of carbonyl (C=O) groups is 1. The maximum absolute atomic E-state index is 12.8. The molecule has 3 aromatic rings. The number of hydrogen-bond donors (Lipinski definition) is 0. The number of likely N-dealkylation sites (tertiary alicyclic amines) is 1. The van der Waals surface area contributed by atoms with Crippen LogP contribution in [0.15, 0.2) is 48.8 Å². The topological polar surface area (TPSA) is 73.8 Å². The van der Waals surface area contributed by atoms with E-state index >= 15 is 0 Å². The van der Waals surface area contributed by atoms with Crippen molar-refractivity contribution in [3.05, 3.63) is 60.0 Å². The summed E-state index contributed by atoms with van der Waals surface area (Å²) < 4.78 is 52.0. The lowest BCUT2D eigenvalue weighted by atomic mass is 9.90. The molecule has 1 amide bonds. The molecule has 0 N–H and O–H groups in total. The van der Waals surface area contributed by atoms with Crippen LogP contribution in [0.25, 0.3) is 10.9 Å². The molecule has 0 radical (unpaired) electrons. The van der Waals surface area contributed by atoms with Crippen LogP contribution in [0.5, 0.6) is 11.5 Å². The molecule has 184 valence electrons. The monoisotopic (exact) mass is 487 g/mol. The van der Waals surface area contributed by atoms with E-state index in [1.54, 1.807) is 11.2 Å². The van der Waals surface area contributed by atoms with Crippen molar-refractivity contribution in [2.75, 3.05) is 32.9 Å². The number of benzene rings is 2. The first kappa shape index (κ1) is 23.3. The van der Waals surface area contributed by atoms with Crippen LogP contribution in [-0.4, -0.2) is 60.0 Å². The molecule has 0 bridgehead atoms. The normalized spacial score (nSPS) is 17.3. The molecule has 0 aliphatic carbocycles. The zero-order valence-corrected chi connectivity index (χ0v) is 18.8. The summed E-state index contributed by atoms with van der Waals surface area (Å²) in [6.07, 6.45) is -1.75. The molecule has 0 unspecified atom stereocenters. The fourth-order valence-electron chi connectivity index (χ4n) is 4.41. The van der Waals surface area contributed by atoms with Gasteiger partial charge in [0.2, 0.25) is 0 Å². The number of piperidine rings is 1. The fourth-order valence-corrected chi connectivity index (χ4v) is 4.41. The molecule has 0 saturated carbocycles. The highest BCUT2D eigenvalue weighted by Gasteiger charge is 2.31. The lowest BCUT2D eigenvalue weighted by Crippen LogP contribution is -2.38. The van der Waals surface area contributed by atoms with Crippen LogP contribution in [0, 0.1) is 5.92 Å². The van der Waals surface area contributed by atoms with Gasteiger partial charge in [0.1, 0.15) is 17.8 Å². The van der Waals surface area contributed by atoms with Gasteiger partial charge in [0.25, 0.3) is 5.91 Å². The van der Waals surface area contributed by atoms with Crippen molar-refractivity contribution in [3.63, 3.8) is 0 Å². The average molecular weight is 487 g/mol. The van der Waals surface area contributed by atoms with Gasteiger partial charge >= 0.3 is 6.36 Å². The van der Waals surface area contributed by atoms with E-state index in [1.165, 1.54) is 12.1 Å². The van der Waals surface area contributed by atoms with E-state index in [2.05, 4.69) is 14.7 Å². The predicted octanol–water partition coefficient (Wildman–Crippen LogP) is 4.57. The number of ether oxygens (including phenoxy) is 3. The summed E-state index contributed by atoms with van der Waals surface area (Å²) in [5, 5.41) is 0.969. The van der Waals surface area contributed by atoms with Crippen LogP contribution in [0.1, 0.15) is 34.8 Å². The quantitative estimate of drug-likeness (QED) is 0.507. The van der Waals surface area contributed by atoms with Crippen LogP contribution in [0.2, 0.25) is 0 Å². The SMILES string of the molecule is O=C(c1ccc(OC(F)(F)F)cc1)N1CCC(c2ncnc3cc(OCC4COC4)ccc23)CC1. The lowest BCUT2D eigenvalue weighted by Gasteiger charge is -2.32. The molecule has 7 nitrogen and oxygen atoms in total. The zero-order chi connectivity index (χ0) is 24.4. The van der Waals surface area contributed by atoms with Gasteiger partial charge in [-0.1, -0.05) is 0 Å². The number of hydrogen-bond acceptors (Lipinski definition) is 6. The summed E-state index contributed by atoms with van der Waals surface area (Å²) in [6.45, 7) is 3.15. The van der Waals surface area contributed by atoms with Crippen LogP contribution in [0.4, 0.5) is 13.2 Å². The molecule has 2 saturated heterocycles. The minimum Gasteiger partial charge on any atom is -0.493 e. The Morgan fingerprint density at radius 3 is 2.40 bits per heavy atom. The molecule has 35 heavy (non-hydrogen) atoms. The smallest absolute Gasteiger partial charge is 0.493 e. The Labute approximate surface area is 199 Å². The van der Waals surface area contributed by atoms with Crippen LogP contribution in [-0.2, 0) is 4.74 Å². The number of rotatable bonds is 6.